The Bertz CT molecular complexity index is 379. The van der Waals surface area contributed by atoms with E-state index in [1.54, 1.807) is 0 Å². The summed E-state index contributed by atoms with van der Waals surface area (Å²) >= 11 is 0. The van der Waals surface area contributed by atoms with E-state index in [1.807, 2.05) is 39.5 Å². The van der Waals surface area contributed by atoms with E-state index in [9.17, 15) is 0 Å². The molecule has 0 bridgehead atoms. The predicted molar refractivity (Wildman–Crippen MR) is 86.9 cm³/mol. The smallest absolute Gasteiger partial charge is 0.107 e. The number of nitrogens with zero attached hydrogens (tertiary/aromatic N) is 3. The van der Waals surface area contributed by atoms with Gasteiger partial charge in [-0.05, 0) is 25.3 Å². The molecular weight excluding hydrogens is 234 g/mol. The van der Waals surface area contributed by atoms with Gasteiger partial charge in [0.1, 0.15) is 5.69 Å². The van der Waals surface area contributed by atoms with Crippen LogP contribution in [0.2, 0.25) is 0 Å². The normalized spacial score (nSPS) is 10.5. The van der Waals surface area contributed by atoms with E-state index >= 15 is 0 Å². The SMILES string of the molecule is CC(C)C.CCCC=Nc1c(N(C)C)ccnc1C. The molecule has 0 aliphatic carbocycles. The minimum atomic E-state index is 0.833. The topological polar surface area (TPSA) is 28.5 Å². The minimum absolute atomic E-state index is 0.833. The van der Waals surface area contributed by atoms with Crippen LogP contribution in [0.3, 0.4) is 0 Å². The van der Waals surface area contributed by atoms with Gasteiger partial charge in [-0.15, -0.1) is 0 Å². The Hall–Kier alpha value is -1.38. The molecule has 0 unspecified atom stereocenters. The van der Waals surface area contributed by atoms with Crippen molar-refractivity contribution in [3.8, 4) is 0 Å². The number of aryl methyl sites for hydroxylation is 1. The summed E-state index contributed by atoms with van der Waals surface area (Å²) in [7, 11) is 4.04. The Morgan fingerprint density at radius 2 is 1.89 bits per heavy atom. The molecule has 0 fully saturated rings. The van der Waals surface area contributed by atoms with Gasteiger partial charge in [-0.25, -0.2) is 0 Å². The second kappa shape index (κ2) is 9.54. The van der Waals surface area contributed by atoms with Crippen LogP contribution in [0.15, 0.2) is 17.3 Å². The van der Waals surface area contributed by atoms with E-state index in [2.05, 4.69) is 42.6 Å². The summed E-state index contributed by atoms with van der Waals surface area (Å²) in [5.74, 6) is 0.833. The molecule has 0 spiro atoms. The van der Waals surface area contributed by atoms with E-state index in [0.29, 0.717) is 0 Å². The monoisotopic (exact) mass is 263 g/mol. The molecule has 0 saturated carbocycles. The van der Waals surface area contributed by atoms with Gasteiger partial charge in [-0.3, -0.25) is 9.98 Å². The second-order valence-corrected chi connectivity index (χ2v) is 5.49. The molecule has 0 aliphatic heterocycles. The number of aromatic nitrogens is 1. The quantitative estimate of drug-likeness (QED) is 0.741. The third-order valence-corrected chi connectivity index (χ3v) is 2.21. The first-order valence-electron chi connectivity index (χ1n) is 7.05. The molecule has 0 amide bonds. The fourth-order valence-electron chi connectivity index (χ4n) is 1.35. The standard InChI is InChI=1S/C12H19N3.C4H10/c1-5-6-8-14-12-10(2)13-9-7-11(12)15(3)4;1-4(2)3/h7-9H,5-6H2,1-4H3;4H,1-3H3. The molecule has 0 N–H and O–H groups in total. The lowest BCUT2D eigenvalue weighted by Gasteiger charge is -2.15. The van der Waals surface area contributed by atoms with Crippen LogP contribution < -0.4 is 4.90 Å². The summed E-state index contributed by atoms with van der Waals surface area (Å²) in [5.41, 5.74) is 3.08. The molecule has 3 heteroatoms. The third-order valence-electron chi connectivity index (χ3n) is 2.21. The Labute approximate surface area is 118 Å². The van der Waals surface area contributed by atoms with Crippen LogP contribution in [0, 0.1) is 12.8 Å². The van der Waals surface area contributed by atoms with Crippen molar-refractivity contribution in [2.24, 2.45) is 10.9 Å². The number of unbranched alkanes of at least 4 members (excludes halogenated alkanes) is 1. The van der Waals surface area contributed by atoms with E-state index < -0.39 is 0 Å². The minimum Gasteiger partial charge on any atom is -0.376 e. The molecule has 1 rings (SSSR count). The highest BCUT2D eigenvalue weighted by molar-refractivity contribution is 5.74. The second-order valence-electron chi connectivity index (χ2n) is 5.49. The van der Waals surface area contributed by atoms with Crippen LogP contribution in [0.1, 0.15) is 46.2 Å². The molecule has 0 atom stereocenters. The first kappa shape index (κ1) is 17.6. The Morgan fingerprint density at radius 3 is 2.37 bits per heavy atom. The Morgan fingerprint density at radius 1 is 1.32 bits per heavy atom. The molecule has 1 aromatic rings. The zero-order valence-electron chi connectivity index (χ0n) is 13.6. The average molecular weight is 263 g/mol. The third kappa shape index (κ3) is 7.60. The summed E-state index contributed by atoms with van der Waals surface area (Å²) < 4.78 is 0. The summed E-state index contributed by atoms with van der Waals surface area (Å²) in [6.45, 7) is 10.6. The number of anilines is 1. The predicted octanol–water partition coefficient (Wildman–Crippen LogP) is 4.62. The van der Waals surface area contributed by atoms with Crippen molar-refractivity contribution in [3.63, 3.8) is 0 Å². The summed E-state index contributed by atoms with van der Waals surface area (Å²) in [6, 6.07) is 1.99. The maximum atomic E-state index is 4.49. The van der Waals surface area contributed by atoms with Crippen molar-refractivity contribution in [1.82, 2.24) is 4.98 Å². The first-order valence-corrected chi connectivity index (χ1v) is 7.05. The fourth-order valence-corrected chi connectivity index (χ4v) is 1.35. The molecule has 19 heavy (non-hydrogen) atoms. The fraction of sp³-hybridized carbons (Fsp3) is 0.625. The highest BCUT2D eigenvalue weighted by atomic mass is 15.1. The number of pyridine rings is 1. The Kier molecular flexibility index (Phi) is 8.84. The zero-order chi connectivity index (χ0) is 14.8. The van der Waals surface area contributed by atoms with E-state index in [-0.39, 0.29) is 0 Å². The molecule has 1 heterocycles. The zero-order valence-corrected chi connectivity index (χ0v) is 13.6. The lowest BCUT2D eigenvalue weighted by Crippen LogP contribution is -2.09. The van der Waals surface area contributed by atoms with Gasteiger partial charge in [-0.1, -0.05) is 34.1 Å². The highest BCUT2D eigenvalue weighted by Crippen LogP contribution is 2.28. The molecular formula is C16H29N3. The number of hydrogen-bond acceptors (Lipinski definition) is 3. The van der Waals surface area contributed by atoms with Crippen molar-refractivity contribution >= 4 is 17.6 Å². The lowest BCUT2D eigenvalue weighted by atomic mass is 10.2. The number of hydrogen-bond donors (Lipinski definition) is 0. The lowest BCUT2D eigenvalue weighted by molar-refractivity contribution is 0.737. The van der Waals surface area contributed by atoms with Gasteiger partial charge >= 0.3 is 0 Å². The molecule has 1 aromatic heterocycles. The maximum Gasteiger partial charge on any atom is 0.107 e. The van der Waals surface area contributed by atoms with Crippen LogP contribution in [-0.2, 0) is 0 Å². The van der Waals surface area contributed by atoms with Gasteiger partial charge in [0.25, 0.3) is 0 Å². The Balaban J connectivity index is 0.000000711. The van der Waals surface area contributed by atoms with Crippen molar-refractivity contribution < 1.29 is 0 Å². The summed E-state index contributed by atoms with van der Waals surface area (Å²) in [4.78, 5) is 10.8. The summed E-state index contributed by atoms with van der Waals surface area (Å²) in [6.07, 6.45) is 5.93. The van der Waals surface area contributed by atoms with Crippen LogP contribution in [0.4, 0.5) is 11.4 Å². The molecule has 0 radical (unpaired) electrons. The first-order chi connectivity index (χ1) is 8.90. The molecule has 0 aromatic carbocycles. The van der Waals surface area contributed by atoms with Crippen molar-refractivity contribution in [3.05, 3.63) is 18.0 Å². The van der Waals surface area contributed by atoms with Crippen molar-refractivity contribution in [2.45, 2.75) is 47.5 Å². The molecule has 3 nitrogen and oxygen atoms in total. The number of rotatable bonds is 4. The van der Waals surface area contributed by atoms with E-state index in [4.69, 9.17) is 0 Å². The van der Waals surface area contributed by atoms with Crippen molar-refractivity contribution in [2.75, 3.05) is 19.0 Å². The highest BCUT2D eigenvalue weighted by Gasteiger charge is 2.05. The van der Waals surface area contributed by atoms with Gasteiger partial charge in [0, 0.05) is 26.5 Å². The maximum absolute atomic E-state index is 4.49. The van der Waals surface area contributed by atoms with Crippen LogP contribution in [0.25, 0.3) is 0 Å². The summed E-state index contributed by atoms with van der Waals surface area (Å²) in [5, 5.41) is 0. The van der Waals surface area contributed by atoms with Crippen LogP contribution in [0.5, 0.6) is 0 Å². The van der Waals surface area contributed by atoms with Gasteiger partial charge in [0.05, 0.1) is 11.4 Å². The van der Waals surface area contributed by atoms with Gasteiger partial charge in [0.15, 0.2) is 0 Å². The average Bonchev–Trinajstić information content (AvgIpc) is 2.30. The van der Waals surface area contributed by atoms with Gasteiger partial charge < -0.3 is 4.90 Å². The van der Waals surface area contributed by atoms with Gasteiger partial charge in [-0.2, -0.15) is 0 Å². The molecule has 108 valence electrons. The largest absolute Gasteiger partial charge is 0.376 e. The van der Waals surface area contributed by atoms with Crippen LogP contribution >= 0.6 is 0 Å². The number of aliphatic imine (C=N–C) groups is 1. The molecule has 0 aliphatic rings. The van der Waals surface area contributed by atoms with E-state index in [1.165, 1.54) is 0 Å². The van der Waals surface area contributed by atoms with E-state index in [0.717, 1.165) is 35.8 Å². The molecule has 0 saturated heterocycles. The van der Waals surface area contributed by atoms with Gasteiger partial charge in [0.2, 0.25) is 0 Å². The van der Waals surface area contributed by atoms with Crippen LogP contribution in [-0.4, -0.2) is 25.3 Å². The van der Waals surface area contributed by atoms with Crippen molar-refractivity contribution in [1.29, 1.82) is 0 Å².